The molecule has 1 fully saturated rings. The molecule has 0 atom stereocenters. The number of piperidine rings is 1. The zero-order chi connectivity index (χ0) is 17.0. The smallest absolute Gasteiger partial charge is 0.222 e. The summed E-state index contributed by atoms with van der Waals surface area (Å²) in [6.07, 6.45) is 15.7. The number of sulfone groups is 1. The molecule has 5 heteroatoms. The number of hydrogen-bond donors (Lipinski definition) is 0. The quantitative estimate of drug-likeness (QED) is 0.503. The van der Waals surface area contributed by atoms with Gasteiger partial charge in [-0.05, 0) is 32.1 Å². The van der Waals surface area contributed by atoms with Gasteiger partial charge in [-0.2, -0.15) is 0 Å². The number of unbranched alkanes of at least 4 members (excludes halogenated alkanes) is 8. The normalized spacial score (nSPS) is 15.8. The third-order valence-corrected chi connectivity index (χ3v) is 5.64. The van der Waals surface area contributed by atoms with E-state index in [1.807, 2.05) is 4.90 Å². The van der Waals surface area contributed by atoms with Crippen molar-refractivity contribution in [1.29, 1.82) is 0 Å². The first kappa shape index (κ1) is 20.5. The van der Waals surface area contributed by atoms with Crippen LogP contribution >= 0.6 is 0 Å². The first-order valence-corrected chi connectivity index (χ1v) is 11.5. The molecule has 136 valence electrons. The molecule has 0 N–H and O–H groups in total. The summed E-state index contributed by atoms with van der Waals surface area (Å²) >= 11 is 0. The largest absolute Gasteiger partial charge is 0.343 e. The molecule has 0 radical (unpaired) electrons. The molecule has 0 aromatic rings. The van der Waals surface area contributed by atoms with E-state index in [0.717, 1.165) is 51.6 Å². The molecule has 0 bridgehead atoms. The summed E-state index contributed by atoms with van der Waals surface area (Å²) in [6, 6.07) is 0. The van der Waals surface area contributed by atoms with E-state index in [1.54, 1.807) is 0 Å². The van der Waals surface area contributed by atoms with Crippen LogP contribution in [0.15, 0.2) is 0 Å². The number of hydrogen-bond acceptors (Lipinski definition) is 3. The number of carbonyl (C=O) groups excluding carboxylic acids is 1. The van der Waals surface area contributed by atoms with Gasteiger partial charge >= 0.3 is 0 Å². The molecule has 0 saturated carbocycles. The molecular weight excluding hydrogens is 310 g/mol. The van der Waals surface area contributed by atoms with Crippen LogP contribution in [0.4, 0.5) is 0 Å². The van der Waals surface area contributed by atoms with Crippen LogP contribution in [0.5, 0.6) is 0 Å². The predicted molar refractivity (Wildman–Crippen MR) is 96.3 cm³/mol. The Morgan fingerprint density at radius 3 is 1.78 bits per heavy atom. The summed E-state index contributed by atoms with van der Waals surface area (Å²) in [5.74, 6) is 0.688. The van der Waals surface area contributed by atoms with E-state index in [0.29, 0.717) is 11.7 Å². The lowest BCUT2D eigenvalue weighted by molar-refractivity contribution is -0.132. The molecule has 1 aliphatic heterocycles. The maximum absolute atomic E-state index is 12.0. The molecule has 1 aliphatic rings. The van der Waals surface area contributed by atoms with Gasteiger partial charge in [0.25, 0.3) is 0 Å². The van der Waals surface area contributed by atoms with Crippen molar-refractivity contribution in [1.82, 2.24) is 4.90 Å². The minimum absolute atomic E-state index is 0.331. The average molecular weight is 346 g/mol. The third kappa shape index (κ3) is 11.6. The Hall–Kier alpha value is -0.580. The average Bonchev–Trinajstić information content (AvgIpc) is 2.52. The minimum Gasteiger partial charge on any atom is -0.343 e. The molecule has 0 aliphatic carbocycles. The van der Waals surface area contributed by atoms with E-state index in [4.69, 9.17) is 0 Å². The van der Waals surface area contributed by atoms with Gasteiger partial charge in [0.05, 0.1) is 0 Å². The summed E-state index contributed by atoms with van der Waals surface area (Å²) in [5, 5.41) is 0. The topological polar surface area (TPSA) is 54.5 Å². The van der Waals surface area contributed by atoms with Gasteiger partial charge in [-0.3, -0.25) is 4.79 Å². The standard InChI is InChI=1S/C18H35NO3S/c1-23(21,22)17-13-8-6-4-2-3-5-7-10-14-18(20)19-15-11-9-12-16-19/h2-17H2,1H3. The van der Waals surface area contributed by atoms with E-state index in [2.05, 4.69) is 0 Å². The van der Waals surface area contributed by atoms with Crippen LogP contribution in [0.1, 0.15) is 83.5 Å². The maximum atomic E-state index is 12.0. The third-order valence-electron chi connectivity index (χ3n) is 4.61. The number of amides is 1. The molecule has 0 unspecified atom stereocenters. The lowest BCUT2D eigenvalue weighted by Gasteiger charge is -2.26. The molecule has 1 saturated heterocycles. The van der Waals surface area contributed by atoms with Crippen molar-refractivity contribution >= 4 is 15.7 Å². The Bertz CT molecular complexity index is 414. The van der Waals surface area contributed by atoms with Gasteiger partial charge in [-0.1, -0.05) is 44.9 Å². The second-order valence-electron chi connectivity index (χ2n) is 7.00. The van der Waals surface area contributed by atoms with Crippen molar-refractivity contribution in [3.8, 4) is 0 Å². The van der Waals surface area contributed by atoms with E-state index >= 15 is 0 Å². The highest BCUT2D eigenvalue weighted by Crippen LogP contribution is 2.14. The molecule has 0 aromatic carbocycles. The second kappa shape index (κ2) is 11.9. The fourth-order valence-electron chi connectivity index (χ4n) is 3.18. The Morgan fingerprint density at radius 2 is 1.26 bits per heavy atom. The predicted octanol–water partition coefficient (Wildman–Crippen LogP) is 3.94. The summed E-state index contributed by atoms with van der Waals surface area (Å²) in [4.78, 5) is 14.0. The number of nitrogens with zero attached hydrogens (tertiary/aromatic N) is 1. The van der Waals surface area contributed by atoms with Crippen molar-refractivity contribution in [2.75, 3.05) is 25.1 Å². The van der Waals surface area contributed by atoms with Gasteiger partial charge in [0, 0.05) is 31.5 Å². The Balaban J connectivity index is 1.83. The van der Waals surface area contributed by atoms with Gasteiger partial charge in [0.1, 0.15) is 9.84 Å². The summed E-state index contributed by atoms with van der Waals surface area (Å²) in [5.41, 5.74) is 0. The summed E-state index contributed by atoms with van der Waals surface area (Å²) in [6.45, 7) is 1.94. The zero-order valence-electron chi connectivity index (χ0n) is 14.9. The number of likely N-dealkylation sites (tertiary alicyclic amines) is 1. The van der Waals surface area contributed by atoms with E-state index < -0.39 is 9.84 Å². The van der Waals surface area contributed by atoms with Crippen LogP contribution in [0, 0.1) is 0 Å². The van der Waals surface area contributed by atoms with Crippen LogP contribution in [0.2, 0.25) is 0 Å². The highest BCUT2D eigenvalue weighted by Gasteiger charge is 2.15. The van der Waals surface area contributed by atoms with Crippen molar-refractivity contribution in [3.05, 3.63) is 0 Å². The molecule has 1 heterocycles. The first-order chi connectivity index (χ1) is 11.0. The Morgan fingerprint density at radius 1 is 0.783 bits per heavy atom. The number of rotatable bonds is 12. The molecule has 1 amide bonds. The minimum atomic E-state index is -2.78. The molecule has 4 nitrogen and oxygen atoms in total. The lowest BCUT2D eigenvalue weighted by atomic mass is 10.1. The molecular formula is C18H35NO3S. The monoisotopic (exact) mass is 345 g/mol. The van der Waals surface area contributed by atoms with Crippen LogP contribution in [-0.2, 0) is 14.6 Å². The van der Waals surface area contributed by atoms with Crippen LogP contribution in [-0.4, -0.2) is 44.3 Å². The highest BCUT2D eigenvalue weighted by atomic mass is 32.2. The van der Waals surface area contributed by atoms with Crippen LogP contribution < -0.4 is 0 Å². The Labute approximate surface area is 142 Å². The number of carbonyl (C=O) groups is 1. The SMILES string of the molecule is CS(=O)(=O)CCCCCCCCCCCC(=O)N1CCCCC1. The molecule has 0 spiro atoms. The summed E-state index contributed by atoms with van der Waals surface area (Å²) < 4.78 is 22.0. The molecule has 0 aromatic heterocycles. The van der Waals surface area contributed by atoms with Crippen molar-refractivity contribution in [2.24, 2.45) is 0 Å². The van der Waals surface area contributed by atoms with Gasteiger partial charge in [-0.25, -0.2) is 8.42 Å². The second-order valence-corrected chi connectivity index (χ2v) is 9.26. The van der Waals surface area contributed by atoms with E-state index in [-0.39, 0.29) is 0 Å². The molecule has 1 rings (SSSR count). The van der Waals surface area contributed by atoms with E-state index in [1.165, 1.54) is 51.2 Å². The molecule has 23 heavy (non-hydrogen) atoms. The van der Waals surface area contributed by atoms with Crippen LogP contribution in [0.3, 0.4) is 0 Å². The lowest BCUT2D eigenvalue weighted by Crippen LogP contribution is -2.35. The van der Waals surface area contributed by atoms with Gasteiger partial charge in [-0.15, -0.1) is 0 Å². The van der Waals surface area contributed by atoms with Crippen molar-refractivity contribution < 1.29 is 13.2 Å². The fourth-order valence-corrected chi connectivity index (χ4v) is 3.91. The van der Waals surface area contributed by atoms with Crippen LogP contribution in [0.25, 0.3) is 0 Å². The highest BCUT2D eigenvalue weighted by molar-refractivity contribution is 7.90. The Kier molecular flexibility index (Phi) is 10.6. The fraction of sp³-hybridized carbons (Fsp3) is 0.944. The summed E-state index contributed by atoms with van der Waals surface area (Å²) in [7, 11) is -2.78. The van der Waals surface area contributed by atoms with Gasteiger partial charge < -0.3 is 4.90 Å². The maximum Gasteiger partial charge on any atom is 0.222 e. The van der Waals surface area contributed by atoms with Gasteiger partial charge in [0.15, 0.2) is 0 Å². The first-order valence-electron chi connectivity index (χ1n) is 9.44. The van der Waals surface area contributed by atoms with Crippen molar-refractivity contribution in [2.45, 2.75) is 83.5 Å². The van der Waals surface area contributed by atoms with Gasteiger partial charge in [0.2, 0.25) is 5.91 Å². The van der Waals surface area contributed by atoms with E-state index in [9.17, 15) is 13.2 Å². The zero-order valence-corrected chi connectivity index (χ0v) is 15.7. The van der Waals surface area contributed by atoms with Crippen molar-refractivity contribution in [3.63, 3.8) is 0 Å².